The maximum absolute atomic E-state index is 12.5. The number of anilines is 1. The Balaban J connectivity index is 1.70. The standard InChI is InChI=1S/C19H17F2NO6S/c1-26-15-10-12(11-16-18(15)28-9-8-27-16)2-7-17(23)22-13-3-5-14(6-4-13)29(24,25)19(20)21/h2-7,10-11,19H,8-9H2,1H3,(H,22,23)/b7-2+. The van der Waals surface area contributed by atoms with E-state index in [1.54, 1.807) is 12.1 Å². The number of benzene rings is 2. The number of nitrogens with one attached hydrogen (secondary N) is 1. The minimum absolute atomic E-state index is 0.257. The minimum Gasteiger partial charge on any atom is -0.493 e. The molecule has 0 fully saturated rings. The molecule has 0 atom stereocenters. The van der Waals surface area contributed by atoms with Gasteiger partial charge in [0.2, 0.25) is 21.5 Å². The highest BCUT2D eigenvalue weighted by Gasteiger charge is 2.26. The number of fused-ring (bicyclic) bond motifs is 1. The monoisotopic (exact) mass is 425 g/mol. The highest BCUT2D eigenvalue weighted by atomic mass is 32.2. The van der Waals surface area contributed by atoms with Gasteiger partial charge in [-0.3, -0.25) is 4.79 Å². The van der Waals surface area contributed by atoms with Crippen LogP contribution in [-0.4, -0.2) is 40.4 Å². The summed E-state index contributed by atoms with van der Waals surface area (Å²) >= 11 is 0. The number of amides is 1. The van der Waals surface area contributed by atoms with Crippen molar-refractivity contribution in [1.82, 2.24) is 0 Å². The number of alkyl halides is 2. The Morgan fingerprint density at radius 3 is 2.52 bits per heavy atom. The van der Waals surface area contributed by atoms with Crippen LogP contribution in [0.5, 0.6) is 17.2 Å². The molecular formula is C19H17F2NO6S. The Kier molecular flexibility index (Phi) is 6.02. The van der Waals surface area contributed by atoms with Crippen LogP contribution < -0.4 is 19.5 Å². The van der Waals surface area contributed by atoms with E-state index in [1.807, 2.05) is 0 Å². The van der Waals surface area contributed by atoms with Crippen LogP contribution in [0.25, 0.3) is 6.08 Å². The molecule has 10 heteroatoms. The molecule has 0 saturated heterocycles. The molecule has 154 valence electrons. The Morgan fingerprint density at radius 1 is 1.17 bits per heavy atom. The smallest absolute Gasteiger partial charge is 0.341 e. The van der Waals surface area contributed by atoms with Gasteiger partial charge in [0.25, 0.3) is 0 Å². The first kappa shape index (κ1) is 20.6. The predicted octanol–water partition coefficient (Wildman–Crippen LogP) is 3.11. The van der Waals surface area contributed by atoms with Crippen molar-refractivity contribution in [3.8, 4) is 17.2 Å². The third-order valence-corrected chi connectivity index (χ3v) is 5.36. The fourth-order valence-electron chi connectivity index (χ4n) is 2.58. The molecule has 0 aromatic heterocycles. The van der Waals surface area contributed by atoms with Crippen molar-refractivity contribution >= 4 is 27.5 Å². The van der Waals surface area contributed by atoms with Crippen molar-refractivity contribution in [3.05, 3.63) is 48.0 Å². The number of carbonyl (C=O) groups is 1. The number of hydrogen-bond acceptors (Lipinski definition) is 6. The van der Waals surface area contributed by atoms with Gasteiger partial charge in [-0.05, 0) is 48.0 Å². The fraction of sp³-hybridized carbons (Fsp3) is 0.211. The molecule has 0 bridgehead atoms. The molecule has 1 aliphatic rings. The largest absolute Gasteiger partial charge is 0.493 e. The van der Waals surface area contributed by atoms with Crippen LogP contribution in [0.4, 0.5) is 14.5 Å². The Hall–Kier alpha value is -3.14. The molecule has 0 saturated carbocycles. The second kappa shape index (κ2) is 8.48. The predicted molar refractivity (Wildman–Crippen MR) is 101 cm³/mol. The van der Waals surface area contributed by atoms with Crippen LogP contribution in [0.15, 0.2) is 47.4 Å². The number of halogens is 2. The molecule has 29 heavy (non-hydrogen) atoms. The summed E-state index contributed by atoms with van der Waals surface area (Å²) in [6.45, 7) is 0.819. The number of carbonyl (C=O) groups excluding carboxylic acids is 1. The third kappa shape index (κ3) is 4.65. The summed E-state index contributed by atoms with van der Waals surface area (Å²) in [5.74, 6) is -2.53. The van der Waals surface area contributed by atoms with E-state index in [4.69, 9.17) is 14.2 Å². The summed E-state index contributed by atoms with van der Waals surface area (Å²) in [5.41, 5.74) is 0.896. The Morgan fingerprint density at radius 2 is 1.86 bits per heavy atom. The highest BCUT2D eigenvalue weighted by Crippen LogP contribution is 2.40. The topological polar surface area (TPSA) is 90.9 Å². The molecule has 1 amide bonds. The van der Waals surface area contributed by atoms with Gasteiger partial charge in [0.05, 0.1) is 12.0 Å². The van der Waals surface area contributed by atoms with E-state index in [0.717, 1.165) is 12.1 Å². The molecule has 0 spiro atoms. The average Bonchev–Trinajstić information content (AvgIpc) is 2.72. The zero-order valence-electron chi connectivity index (χ0n) is 15.2. The quantitative estimate of drug-likeness (QED) is 0.716. The highest BCUT2D eigenvalue weighted by molar-refractivity contribution is 7.91. The van der Waals surface area contributed by atoms with Crippen molar-refractivity contribution in [2.24, 2.45) is 0 Å². The fourth-order valence-corrected chi connectivity index (χ4v) is 3.30. The molecule has 1 heterocycles. The molecule has 0 radical (unpaired) electrons. The maximum Gasteiger partial charge on any atom is 0.341 e. The summed E-state index contributed by atoms with van der Waals surface area (Å²) < 4.78 is 64.2. The summed E-state index contributed by atoms with van der Waals surface area (Å²) in [7, 11) is -3.18. The van der Waals surface area contributed by atoms with Crippen molar-refractivity contribution in [2.75, 3.05) is 25.6 Å². The molecule has 7 nitrogen and oxygen atoms in total. The van der Waals surface area contributed by atoms with Crippen LogP contribution in [0.2, 0.25) is 0 Å². The van der Waals surface area contributed by atoms with Crippen LogP contribution >= 0.6 is 0 Å². The summed E-state index contributed by atoms with van der Waals surface area (Å²) in [4.78, 5) is 11.6. The zero-order chi connectivity index (χ0) is 21.0. The van der Waals surface area contributed by atoms with Gasteiger partial charge in [0, 0.05) is 11.8 Å². The van der Waals surface area contributed by atoms with E-state index in [9.17, 15) is 22.0 Å². The van der Waals surface area contributed by atoms with Crippen molar-refractivity contribution in [3.63, 3.8) is 0 Å². The van der Waals surface area contributed by atoms with Crippen LogP contribution in [-0.2, 0) is 14.6 Å². The van der Waals surface area contributed by atoms with Gasteiger partial charge < -0.3 is 19.5 Å². The van der Waals surface area contributed by atoms with E-state index < -0.39 is 26.4 Å². The van der Waals surface area contributed by atoms with Gasteiger partial charge in [-0.25, -0.2) is 8.42 Å². The molecular weight excluding hydrogens is 408 g/mol. The molecule has 1 aliphatic heterocycles. The number of rotatable bonds is 6. The first-order chi connectivity index (χ1) is 13.8. The lowest BCUT2D eigenvalue weighted by Crippen LogP contribution is -2.16. The SMILES string of the molecule is COc1cc(/C=C/C(=O)Nc2ccc(S(=O)(=O)C(F)F)cc2)cc2c1OCCO2. The van der Waals surface area contributed by atoms with Crippen LogP contribution in [0.3, 0.4) is 0 Å². The van der Waals surface area contributed by atoms with Gasteiger partial charge in [-0.15, -0.1) is 0 Å². The number of methoxy groups -OCH3 is 1. The normalized spacial score (nSPS) is 13.5. The van der Waals surface area contributed by atoms with E-state index >= 15 is 0 Å². The molecule has 3 rings (SSSR count). The van der Waals surface area contributed by atoms with E-state index in [2.05, 4.69) is 5.32 Å². The van der Waals surface area contributed by atoms with Gasteiger partial charge in [0.15, 0.2) is 11.5 Å². The first-order valence-corrected chi connectivity index (χ1v) is 9.94. The van der Waals surface area contributed by atoms with Crippen LogP contribution in [0, 0.1) is 0 Å². The zero-order valence-corrected chi connectivity index (χ0v) is 16.0. The minimum atomic E-state index is -4.68. The summed E-state index contributed by atoms with van der Waals surface area (Å²) in [5, 5.41) is 2.52. The molecule has 2 aromatic carbocycles. The van der Waals surface area contributed by atoms with Crippen molar-refractivity contribution < 1.29 is 36.2 Å². The molecule has 1 N–H and O–H groups in total. The van der Waals surface area contributed by atoms with E-state index in [-0.39, 0.29) is 5.69 Å². The second-order valence-corrected chi connectivity index (χ2v) is 7.82. The molecule has 2 aromatic rings. The lowest BCUT2D eigenvalue weighted by Gasteiger charge is -2.20. The van der Waals surface area contributed by atoms with E-state index in [1.165, 1.54) is 31.4 Å². The van der Waals surface area contributed by atoms with Crippen LogP contribution in [0.1, 0.15) is 5.56 Å². The number of sulfone groups is 1. The van der Waals surface area contributed by atoms with Gasteiger partial charge in [-0.1, -0.05) is 0 Å². The van der Waals surface area contributed by atoms with E-state index in [0.29, 0.717) is 36.0 Å². The first-order valence-electron chi connectivity index (χ1n) is 8.40. The second-order valence-electron chi connectivity index (χ2n) is 5.90. The molecule has 0 aliphatic carbocycles. The average molecular weight is 425 g/mol. The lowest BCUT2D eigenvalue weighted by atomic mass is 10.1. The number of ether oxygens (including phenoxy) is 3. The van der Waals surface area contributed by atoms with Crippen molar-refractivity contribution in [2.45, 2.75) is 10.7 Å². The van der Waals surface area contributed by atoms with Gasteiger partial charge in [-0.2, -0.15) is 8.78 Å². The van der Waals surface area contributed by atoms with Gasteiger partial charge in [0.1, 0.15) is 13.2 Å². The number of hydrogen-bond donors (Lipinski definition) is 1. The Labute approximate surface area is 165 Å². The Bertz CT molecular complexity index is 1020. The summed E-state index contributed by atoms with van der Waals surface area (Å²) in [6.07, 6.45) is 2.79. The maximum atomic E-state index is 12.5. The lowest BCUT2D eigenvalue weighted by molar-refractivity contribution is -0.111. The van der Waals surface area contributed by atoms with Gasteiger partial charge >= 0.3 is 5.76 Å². The molecule has 0 unspecified atom stereocenters. The third-order valence-electron chi connectivity index (χ3n) is 3.96. The van der Waals surface area contributed by atoms with Crippen molar-refractivity contribution in [1.29, 1.82) is 0 Å². The summed E-state index contributed by atoms with van der Waals surface area (Å²) in [6, 6.07) is 7.85.